The van der Waals surface area contributed by atoms with Crippen molar-refractivity contribution in [2.45, 2.75) is 52.6 Å². The van der Waals surface area contributed by atoms with Crippen LogP contribution < -0.4 is 5.32 Å². The zero-order valence-corrected chi connectivity index (χ0v) is 13.0. The van der Waals surface area contributed by atoms with E-state index in [2.05, 4.69) is 57.3 Å². The molecule has 1 aromatic carbocycles. The van der Waals surface area contributed by atoms with Crippen molar-refractivity contribution in [1.29, 1.82) is 0 Å². The smallest absolute Gasteiger partial charge is 0.318 e. The summed E-state index contributed by atoms with van der Waals surface area (Å²) in [4.78, 5) is 14.5. The molecule has 20 heavy (non-hydrogen) atoms. The van der Waals surface area contributed by atoms with Crippen LogP contribution in [-0.4, -0.2) is 23.5 Å². The van der Waals surface area contributed by atoms with Gasteiger partial charge in [-0.1, -0.05) is 45.0 Å². The molecule has 2 rings (SSSR count). The molecule has 0 saturated carbocycles. The number of nitrogens with zero attached hydrogens (tertiary/aromatic N) is 1. The van der Waals surface area contributed by atoms with Gasteiger partial charge in [-0.3, -0.25) is 0 Å². The first kappa shape index (κ1) is 14.9. The summed E-state index contributed by atoms with van der Waals surface area (Å²) in [5, 5.41) is 3.10. The fraction of sp³-hybridized carbons (Fsp3) is 0.588. The summed E-state index contributed by atoms with van der Waals surface area (Å²) in [7, 11) is 0. The first-order chi connectivity index (χ1) is 9.54. The van der Waals surface area contributed by atoms with Gasteiger partial charge in [0.15, 0.2) is 0 Å². The van der Waals surface area contributed by atoms with E-state index in [-0.39, 0.29) is 18.1 Å². The van der Waals surface area contributed by atoms with Gasteiger partial charge in [0, 0.05) is 12.6 Å². The number of urea groups is 1. The molecule has 3 heteroatoms. The Morgan fingerprint density at radius 1 is 1.35 bits per heavy atom. The second-order valence-electron chi connectivity index (χ2n) is 6.09. The summed E-state index contributed by atoms with van der Waals surface area (Å²) in [6.45, 7) is 9.34. The Balaban J connectivity index is 2.24. The Hall–Kier alpha value is -1.51. The molecule has 2 amide bonds. The number of rotatable bonds is 3. The quantitative estimate of drug-likeness (QED) is 0.894. The standard InChI is InChI=1S/C17H26N2O/c1-5-13(4)18-17(20)19-11-10-14-8-6-7-9-15(14)16(19)12(2)3/h6-9,12-13,16H,5,10-11H2,1-4H3,(H,18,20). The van der Waals surface area contributed by atoms with Crippen molar-refractivity contribution in [3.05, 3.63) is 35.4 Å². The highest BCUT2D eigenvalue weighted by Crippen LogP contribution is 2.35. The monoisotopic (exact) mass is 274 g/mol. The van der Waals surface area contributed by atoms with Crippen LogP contribution in [0.5, 0.6) is 0 Å². The van der Waals surface area contributed by atoms with Gasteiger partial charge in [0.05, 0.1) is 6.04 Å². The van der Waals surface area contributed by atoms with Crippen molar-refractivity contribution in [2.75, 3.05) is 6.54 Å². The summed E-state index contributed by atoms with van der Waals surface area (Å²) >= 11 is 0. The second kappa shape index (κ2) is 6.29. The molecule has 2 atom stereocenters. The van der Waals surface area contributed by atoms with E-state index in [4.69, 9.17) is 0 Å². The lowest BCUT2D eigenvalue weighted by molar-refractivity contribution is 0.146. The van der Waals surface area contributed by atoms with E-state index >= 15 is 0 Å². The van der Waals surface area contributed by atoms with Gasteiger partial charge in [-0.05, 0) is 36.8 Å². The molecule has 0 bridgehead atoms. The number of benzene rings is 1. The number of amides is 2. The predicted molar refractivity (Wildman–Crippen MR) is 82.7 cm³/mol. The lowest BCUT2D eigenvalue weighted by Crippen LogP contribution is -2.49. The first-order valence-electron chi connectivity index (χ1n) is 7.69. The van der Waals surface area contributed by atoms with Gasteiger partial charge in [0.2, 0.25) is 0 Å². The highest BCUT2D eigenvalue weighted by molar-refractivity contribution is 5.75. The van der Waals surface area contributed by atoms with Gasteiger partial charge in [0.25, 0.3) is 0 Å². The van der Waals surface area contributed by atoms with Crippen molar-refractivity contribution in [3.8, 4) is 0 Å². The number of fused-ring (bicyclic) bond motifs is 1. The summed E-state index contributed by atoms with van der Waals surface area (Å²) in [5.41, 5.74) is 2.70. The number of carbonyl (C=O) groups is 1. The third kappa shape index (κ3) is 2.97. The van der Waals surface area contributed by atoms with Crippen molar-refractivity contribution in [2.24, 2.45) is 5.92 Å². The number of carbonyl (C=O) groups excluding carboxylic acids is 1. The van der Waals surface area contributed by atoms with Gasteiger partial charge >= 0.3 is 6.03 Å². The maximum Gasteiger partial charge on any atom is 0.318 e. The second-order valence-corrected chi connectivity index (χ2v) is 6.09. The van der Waals surface area contributed by atoms with Crippen LogP contribution in [0.15, 0.2) is 24.3 Å². The Morgan fingerprint density at radius 2 is 2.05 bits per heavy atom. The zero-order chi connectivity index (χ0) is 14.7. The van der Waals surface area contributed by atoms with E-state index in [1.807, 2.05) is 4.90 Å². The molecule has 0 spiro atoms. The summed E-state index contributed by atoms with van der Waals surface area (Å²) < 4.78 is 0. The van der Waals surface area contributed by atoms with Gasteiger partial charge in [-0.2, -0.15) is 0 Å². The SMILES string of the molecule is CCC(C)NC(=O)N1CCc2ccccc2C1C(C)C. The average molecular weight is 274 g/mol. The fourth-order valence-electron chi connectivity index (χ4n) is 2.94. The minimum atomic E-state index is 0.0764. The summed E-state index contributed by atoms with van der Waals surface area (Å²) in [6.07, 6.45) is 1.91. The molecule has 0 radical (unpaired) electrons. The molecule has 0 saturated heterocycles. The van der Waals surface area contributed by atoms with Crippen LogP contribution in [0.1, 0.15) is 51.3 Å². The largest absolute Gasteiger partial charge is 0.336 e. The van der Waals surface area contributed by atoms with Crippen LogP contribution in [-0.2, 0) is 6.42 Å². The van der Waals surface area contributed by atoms with Crippen LogP contribution in [0.2, 0.25) is 0 Å². The molecule has 0 aromatic heterocycles. The van der Waals surface area contributed by atoms with Crippen LogP contribution >= 0.6 is 0 Å². The molecule has 1 aliphatic rings. The maximum atomic E-state index is 12.5. The lowest BCUT2D eigenvalue weighted by atomic mass is 9.86. The molecular weight excluding hydrogens is 248 g/mol. The van der Waals surface area contributed by atoms with Crippen LogP contribution in [0.3, 0.4) is 0 Å². The normalized spacial score (nSPS) is 19.6. The Kier molecular flexibility index (Phi) is 4.69. The first-order valence-corrected chi connectivity index (χ1v) is 7.69. The van der Waals surface area contributed by atoms with E-state index in [1.54, 1.807) is 0 Å². The van der Waals surface area contributed by atoms with Gasteiger partial charge in [-0.25, -0.2) is 4.79 Å². The molecule has 2 unspecified atom stereocenters. The van der Waals surface area contributed by atoms with Crippen LogP contribution in [0, 0.1) is 5.92 Å². The zero-order valence-electron chi connectivity index (χ0n) is 13.0. The highest BCUT2D eigenvalue weighted by atomic mass is 16.2. The fourth-order valence-corrected chi connectivity index (χ4v) is 2.94. The van der Waals surface area contributed by atoms with Crippen LogP contribution in [0.25, 0.3) is 0 Å². The number of hydrogen-bond acceptors (Lipinski definition) is 1. The molecule has 0 aliphatic carbocycles. The summed E-state index contributed by atoms with van der Waals surface area (Å²) in [5.74, 6) is 0.416. The number of nitrogens with one attached hydrogen (secondary N) is 1. The van der Waals surface area contributed by atoms with Crippen molar-refractivity contribution in [1.82, 2.24) is 10.2 Å². The summed E-state index contributed by atoms with van der Waals surface area (Å²) in [6, 6.07) is 9.01. The maximum absolute atomic E-state index is 12.5. The third-order valence-electron chi connectivity index (χ3n) is 4.21. The minimum absolute atomic E-state index is 0.0764. The number of hydrogen-bond donors (Lipinski definition) is 1. The van der Waals surface area contributed by atoms with Crippen molar-refractivity contribution in [3.63, 3.8) is 0 Å². The third-order valence-corrected chi connectivity index (χ3v) is 4.21. The Morgan fingerprint density at radius 3 is 2.70 bits per heavy atom. The van der Waals surface area contributed by atoms with E-state index in [1.165, 1.54) is 11.1 Å². The topological polar surface area (TPSA) is 32.3 Å². The van der Waals surface area contributed by atoms with Gasteiger partial charge < -0.3 is 10.2 Å². The van der Waals surface area contributed by atoms with Gasteiger partial charge in [-0.15, -0.1) is 0 Å². The van der Waals surface area contributed by atoms with E-state index in [0.29, 0.717) is 5.92 Å². The van der Waals surface area contributed by atoms with Crippen LogP contribution in [0.4, 0.5) is 4.79 Å². The molecule has 110 valence electrons. The molecule has 1 heterocycles. The molecule has 1 aliphatic heterocycles. The minimum Gasteiger partial charge on any atom is -0.336 e. The predicted octanol–water partition coefficient (Wildman–Crippen LogP) is 3.75. The van der Waals surface area contributed by atoms with Gasteiger partial charge in [0.1, 0.15) is 0 Å². The van der Waals surface area contributed by atoms with Crippen molar-refractivity contribution >= 4 is 6.03 Å². The molecule has 3 nitrogen and oxygen atoms in total. The molecule has 0 fully saturated rings. The molecular formula is C17H26N2O. The van der Waals surface area contributed by atoms with E-state index in [9.17, 15) is 4.79 Å². The van der Waals surface area contributed by atoms with E-state index < -0.39 is 0 Å². The Labute approximate surface area is 122 Å². The van der Waals surface area contributed by atoms with E-state index in [0.717, 1.165) is 19.4 Å². The highest BCUT2D eigenvalue weighted by Gasteiger charge is 2.32. The van der Waals surface area contributed by atoms with Crippen molar-refractivity contribution < 1.29 is 4.79 Å². The Bertz CT molecular complexity index is 470. The average Bonchev–Trinajstić information content (AvgIpc) is 2.45. The molecule has 1 N–H and O–H groups in total. The lowest BCUT2D eigenvalue weighted by Gasteiger charge is -2.40. The molecule has 1 aromatic rings.